The first-order valence-electron chi connectivity index (χ1n) is 4.98. The highest BCUT2D eigenvalue weighted by Gasteiger charge is 2.20. The van der Waals surface area contributed by atoms with Crippen molar-refractivity contribution in [3.8, 4) is 0 Å². The van der Waals surface area contributed by atoms with Crippen LogP contribution in [0.25, 0.3) is 0 Å². The zero-order valence-corrected chi connectivity index (χ0v) is 9.20. The Bertz CT molecular complexity index is 294. The number of aliphatic hydroxyl groups excluding tert-OH is 2. The van der Waals surface area contributed by atoms with Crippen LogP contribution in [0.2, 0.25) is 0 Å². The molecule has 4 heteroatoms. The molecule has 0 aliphatic heterocycles. The molecule has 0 spiro atoms. The Morgan fingerprint density at radius 3 is 2.47 bits per heavy atom. The molecule has 0 amide bonds. The van der Waals surface area contributed by atoms with E-state index in [9.17, 15) is 0 Å². The van der Waals surface area contributed by atoms with Crippen molar-refractivity contribution in [2.75, 3.05) is 13.2 Å². The number of rotatable bonds is 5. The molecular weight excluding hydrogens is 192 g/mol. The summed E-state index contributed by atoms with van der Waals surface area (Å²) in [6.45, 7) is 4.11. The van der Waals surface area contributed by atoms with Crippen molar-refractivity contribution in [2.24, 2.45) is 0 Å². The second-order valence-corrected chi connectivity index (χ2v) is 4.04. The van der Waals surface area contributed by atoms with E-state index in [-0.39, 0.29) is 13.2 Å². The average molecular weight is 210 g/mol. The molecule has 1 aromatic heterocycles. The van der Waals surface area contributed by atoms with E-state index in [2.05, 4.69) is 10.3 Å². The Morgan fingerprint density at radius 2 is 2.00 bits per heavy atom. The van der Waals surface area contributed by atoms with E-state index in [1.807, 2.05) is 19.1 Å². The van der Waals surface area contributed by atoms with Crippen molar-refractivity contribution < 1.29 is 10.2 Å². The van der Waals surface area contributed by atoms with E-state index in [0.717, 1.165) is 11.3 Å². The summed E-state index contributed by atoms with van der Waals surface area (Å²) in [6, 6.07) is 3.91. The fraction of sp³-hybridized carbons (Fsp3) is 0.545. The second kappa shape index (κ2) is 5.21. The van der Waals surface area contributed by atoms with Crippen molar-refractivity contribution in [1.82, 2.24) is 10.3 Å². The van der Waals surface area contributed by atoms with Gasteiger partial charge < -0.3 is 15.5 Å². The Balaban J connectivity index is 2.53. The van der Waals surface area contributed by atoms with Crippen LogP contribution in [0.3, 0.4) is 0 Å². The third kappa shape index (κ3) is 3.58. The zero-order valence-electron chi connectivity index (χ0n) is 9.20. The quantitative estimate of drug-likeness (QED) is 0.650. The van der Waals surface area contributed by atoms with E-state index in [1.165, 1.54) is 0 Å². The first-order chi connectivity index (χ1) is 7.09. The van der Waals surface area contributed by atoms with Crippen molar-refractivity contribution in [1.29, 1.82) is 0 Å². The molecule has 0 unspecified atom stereocenters. The fourth-order valence-corrected chi connectivity index (χ4v) is 1.08. The van der Waals surface area contributed by atoms with Gasteiger partial charge in [0.15, 0.2) is 0 Å². The van der Waals surface area contributed by atoms with Gasteiger partial charge in [-0.05, 0) is 25.5 Å². The largest absolute Gasteiger partial charge is 0.394 e. The maximum absolute atomic E-state index is 9.07. The smallest absolute Gasteiger partial charge is 0.0633 e. The number of aryl methyl sites for hydroxylation is 1. The molecule has 1 rings (SSSR count). The molecule has 15 heavy (non-hydrogen) atoms. The summed E-state index contributed by atoms with van der Waals surface area (Å²) in [6.07, 6.45) is 1.79. The lowest BCUT2D eigenvalue weighted by molar-refractivity contribution is 0.103. The van der Waals surface area contributed by atoms with Crippen LogP contribution in [0.5, 0.6) is 0 Å². The summed E-state index contributed by atoms with van der Waals surface area (Å²) in [5.41, 5.74) is 1.38. The van der Waals surface area contributed by atoms with Gasteiger partial charge >= 0.3 is 0 Å². The van der Waals surface area contributed by atoms with Gasteiger partial charge in [0.2, 0.25) is 0 Å². The third-order valence-corrected chi connectivity index (χ3v) is 2.39. The lowest BCUT2D eigenvalue weighted by Crippen LogP contribution is -2.48. The van der Waals surface area contributed by atoms with Crippen molar-refractivity contribution in [3.63, 3.8) is 0 Å². The maximum atomic E-state index is 9.07. The molecule has 1 heterocycles. The highest BCUT2D eigenvalue weighted by atomic mass is 16.3. The monoisotopic (exact) mass is 210 g/mol. The Hall–Kier alpha value is -0.970. The number of aromatic nitrogens is 1. The van der Waals surface area contributed by atoms with Crippen LogP contribution in [0, 0.1) is 6.92 Å². The van der Waals surface area contributed by atoms with Crippen molar-refractivity contribution in [3.05, 3.63) is 29.6 Å². The molecule has 84 valence electrons. The van der Waals surface area contributed by atoms with Gasteiger partial charge in [0.25, 0.3) is 0 Å². The summed E-state index contributed by atoms with van der Waals surface area (Å²) in [5.74, 6) is 0. The van der Waals surface area contributed by atoms with Gasteiger partial charge in [0, 0.05) is 18.4 Å². The standard InChI is InChI=1S/C11H18N2O2/c1-9-3-4-10(5-12-9)6-13-11(2,7-14)8-15/h3-5,13-15H,6-8H2,1-2H3. The maximum Gasteiger partial charge on any atom is 0.0633 e. The highest BCUT2D eigenvalue weighted by molar-refractivity contribution is 5.13. The van der Waals surface area contributed by atoms with E-state index < -0.39 is 5.54 Å². The molecule has 0 aromatic carbocycles. The Morgan fingerprint density at radius 1 is 1.33 bits per heavy atom. The summed E-state index contributed by atoms with van der Waals surface area (Å²) in [7, 11) is 0. The molecule has 0 saturated carbocycles. The average Bonchev–Trinajstić information content (AvgIpc) is 2.28. The molecule has 0 saturated heterocycles. The van der Waals surface area contributed by atoms with Crippen LogP contribution in [0.15, 0.2) is 18.3 Å². The van der Waals surface area contributed by atoms with Gasteiger partial charge in [-0.15, -0.1) is 0 Å². The molecule has 0 aliphatic rings. The first kappa shape index (κ1) is 12.1. The topological polar surface area (TPSA) is 65.4 Å². The number of hydrogen-bond donors (Lipinski definition) is 3. The van der Waals surface area contributed by atoms with E-state index in [1.54, 1.807) is 13.1 Å². The van der Waals surface area contributed by atoms with Crippen LogP contribution >= 0.6 is 0 Å². The predicted octanol–water partition coefficient (Wildman–Crippen LogP) is 0.223. The minimum Gasteiger partial charge on any atom is -0.394 e. The zero-order chi connectivity index (χ0) is 11.3. The number of nitrogens with zero attached hydrogens (tertiary/aromatic N) is 1. The van der Waals surface area contributed by atoms with Crippen molar-refractivity contribution in [2.45, 2.75) is 25.9 Å². The van der Waals surface area contributed by atoms with Crippen LogP contribution in [-0.2, 0) is 6.54 Å². The predicted molar refractivity (Wildman–Crippen MR) is 58.4 cm³/mol. The molecule has 0 fully saturated rings. The SMILES string of the molecule is Cc1ccc(CNC(C)(CO)CO)cn1. The fourth-order valence-electron chi connectivity index (χ4n) is 1.08. The number of nitrogens with one attached hydrogen (secondary N) is 1. The minimum absolute atomic E-state index is 0.0945. The van der Waals surface area contributed by atoms with Gasteiger partial charge in [0.1, 0.15) is 0 Å². The van der Waals surface area contributed by atoms with Crippen LogP contribution in [-0.4, -0.2) is 33.9 Å². The number of hydrogen-bond acceptors (Lipinski definition) is 4. The Labute approximate surface area is 90.0 Å². The molecular formula is C11H18N2O2. The van der Waals surface area contributed by atoms with Gasteiger partial charge in [-0.3, -0.25) is 4.98 Å². The summed E-state index contributed by atoms with van der Waals surface area (Å²) in [4.78, 5) is 4.17. The van der Waals surface area contributed by atoms with Gasteiger partial charge in [-0.1, -0.05) is 6.07 Å². The summed E-state index contributed by atoms with van der Waals surface area (Å²) in [5, 5.41) is 21.2. The Kier molecular flexibility index (Phi) is 4.20. The first-order valence-corrected chi connectivity index (χ1v) is 4.98. The van der Waals surface area contributed by atoms with Crippen LogP contribution in [0.1, 0.15) is 18.2 Å². The normalized spacial score (nSPS) is 11.7. The molecule has 0 bridgehead atoms. The summed E-state index contributed by atoms with van der Waals surface area (Å²) < 4.78 is 0. The highest BCUT2D eigenvalue weighted by Crippen LogP contribution is 2.04. The minimum atomic E-state index is -0.634. The van der Waals surface area contributed by atoms with Gasteiger partial charge in [-0.2, -0.15) is 0 Å². The van der Waals surface area contributed by atoms with Gasteiger partial charge in [-0.25, -0.2) is 0 Å². The van der Waals surface area contributed by atoms with Crippen LogP contribution in [0.4, 0.5) is 0 Å². The molecule has 0 radical (unpaired) electrons. The third-order valence-electron chi connectivity index (χ3n) is 2.39. The van der Waals surface area contributed by atoms with E-state index in [4.69, 9.17) is 10.2 Å². The molecule has 1 aromatic rings. The molecule has 0 aliphatic carbocycles. The molecule has 4 nitrogen and oxygen atoms in total. The van der Waals surface area contributed by atoms with Crippen LogP contribution < -0.4 is 5.32 Å². The lowest BCUT2D eigenvalue weighted by Gasteiger charge is -2.26. The van der Waals surface area contributed by atoms with E-state index in [0.29, 0.717) is 6.54 Å². The van der Waals surface area contributed by atoms with Crippen molar-refractivity contribution >= 4 is 0 Å². The lowest BCUT2D eigenvalue weighted by atomic mass is 10.1. The number of aliphatic hydroxyl groups is 2. The summed E-state index contributed by atoms with van der Waals surface area (Å²) >= 11 is 0. The number of pyridine rings is 1. The van der Waals surface area contributed by atoms with Gasteiger partial charge in [0.05, 0.1) is 18.8 Å². The molecule has 0 atom stereocenters. The second-order valence-electron chi connectivity index (χ2n) is 4.04. The molecule has 3 N–H and O–H groups in total. The van der Waals surface area contributed by atoms with E-state index >= 15 is 0 Å².